The van der Waals surface area contributed by atoms with Crippen molar-refractivity contribution >= 4 is 23.2 Å². The number of hydrogen-bond acceptors (Lipinski definition) is 5. The molecule has 1 saturated heterocycles. The normalized spacial score (nSPS) is 22.2. The summed E-state index contributed by atoms with van der Waals surface area (Å²) in [6.07, 6.45) is 2.27. The van der Waals surface area contributed by atoms with E-state index in [9.17, 15) is 4.79 Å². The predicted octanol–water partition coefficient (Wildman–Crippen LogP) is 2.84. The van der Waals surface area contributed by atoms with Crippen LogP contribution in [0.2, 0.25) is 5.02 Å². The summed E-state index contributed by atoms with van der Waals surface area (Å²) < 4.78 is 5.71. The van der Waals surface area contributed by atoms with Crippen molar-refractivity contribution in [2.75, 3.05) is 18.0 Å². The van der Waals surface area contributed by atoms with Crippen LogP contribution in [-0.4, -0.2) is 40.1 Å². The van der Waals surface area contributed by atoms with Gasteiger partial charge in [-0.15, -0.1) is 10.2 Å². The van der Waals surface area contributed by atoms with E-state index in [0.717, 1.165) is 24.4 Å². The number of carbonyl (C=O) groups excluding carboxylic acids is 1. The second kappa shape index (κ2) is 6.18. The van der Waals surface area contributed by atoms with Gasteiger partial charge >= 0.3 is 0 Å². The van der Waals surface area contributed by atoms with Crippen molar-refractivity contribution in [2.24, 2.45) is 0 Å². The summed E-state index contributed by atoms with van der Waals surface area (Å²) in [4.78, 5) is 16.4. The van der Waals surface area contributed by atoms with Gasteiger partial charge in [-0.1, -0.05) is 17.7 Å². The molecule has 1 aromatic carbocycles. The Morgan fingerprint density at radius 3 is 2.92 bits per heavy atom. The van der Waals surface area contributed by atoms with Gasteiger partial charge < -0.3 is 9.32 Å². The maximum Gasteiger partial charge on any atom is 0.241 e. The molecule has 7 heteroatoms. The summed E-state index contributed by atoms with van der Waals surface area (Å²) in [5, 5.41) is 8.86. The van der Waals surface area contributed by atoms with Gasteiger partial charge in [0.1, 0.15) is 0 Å². The Balaban J connectivity index is 1.44. The molecular formula is C17H19ClN4O2. The van der Waals surface area contributed by atoms with Crippen molar-refractivity contribution in [2.45, 2.75) is 38.3 Å². The first-order chi connectivity index (χ1) is 11.6. The number of halogens is 1. The van der Waals surface area contributed by atoms with Gasteiger partial charge in [0.25, 0.3) is 0 Å². The molecule has 4 rings (SSSR count). The highest BCUT2D eigenvalue weighted by molar-refractivity contribution is 6.30. The minimum Gasteiger partial charge on any atom is -0.424 e. The molecule has 0 N–H and O–H groups in total. The molecule has 1 aliphatic carbocycles. The first kappa shape index (κ1) is 15.6. The molecule has 0 bridgehead atoms. The number of amides is 1. The molecule has 1 atom stereocenters. The highest BCUT2D eigenvalue weighted by atomic mass is 35.5. The Morgan fingerprint density at radius 1 is 1.33 bits per heavy atom. The second-order valence-electron chi connectivity index (χ2n) is 6.55. The average Bonchev–Trinajstić information content (AvgIpc) is 3.30. The molecule has 1 saturated carbocycles. The topological polar surface area (TPSA) is 62.5 Å². The van der Waals surface area contributed by atoms with Gasteiger partial charge in [0.2, 0.25) is 17.7 Å². The molecule has 0 unspecified atom stereocenters. The smallest absolute Gasteiger partial charge is 0.241 e. The Bertz CT molecular complexity index is 759. The number of piperazine rings is 1. The third-order valence-corrected chi connectivity index (χ3v) is 4.81. The maximum atomic E-state index is 12.6. The van der Waals surface area contributed by atoms with Crippen LogP contribution in [0.15, 0.2) is 28.7 Å². The standard InChI is InChI=1S/C17H19ClN4O2/c1-11-8-22(14-4-2-3-13(18)7-14)16(23)10-21(11)9-15-19-20-17(24-15)12-5-6-12/h2-4,7,11-12H,5-6,8-10H2,1H3/t11-/m1/s1. The number of carbonyl (C=O) groups is 1. The second-order valence-corrected chi connectivity index (χ2v) is 6.98. The molecule has 0 radical (unpaired) electrons. The lowest BCUT2D eigenvalue weighted by molar-refractivity contribution is -0.122. The first-order valence-corrected chi connectivity index (χ1v) is 8.60. The van der Waals surface area contributed by atoms with E-state index >= 15 is 0 Å². The Morgan fingerprint density at radius 2 is 2.17 bits per heavy atom. The molecule has 1 aromatic heterocycles. The summed E-state index contributed by atoms with van der Waals surface area (Å²) in [5.74, 6) is 1.83. The highest BCUT2D eigenvalue weighted by Gasteiger charge is 2.33. The van der Waals surface area contributed by atoms with Gasteiger partial charge in [-0.3, -0.25) is 9.69 Å². The van der Waals surface area contributed by atoms with Crippen molar-refractivity contribution in [1.29, 1.82) is 0 Å². The lowest BCUT2D eigenvalue weighted by Gasteiger charge is -2.38. The SMILES string of the molecule is C[C@@H]1CN(c2cccc(Cl)c2)C(=O)CN1Cc1nnc(C2CC2)o1. The van der Waals surface area contributed by atoms with Crippen LogP contribution in [0.5, 0.6) is 0 Å². The Labute approximate surface area is 145 Å². The fourth-order valence-electron chi connectivity index (χ4n) is 3.00. The van der Waals surface area contributed by atoms with E-state index in [2.05, 4.69) is 22.0 Å². The van der Waals surface area contributed by atoms with Gasteiger partial charge in [0.15, 0.2) is 0 Å². The summed E-state index contributed by atoms with van der Waals surface area (Å²) in [5.41, 5.74) is 0.841. The number of nitrogens with zero attached hydrogens (tertiary/aromatic N) is 4. The van der Waals surface area contributed by atoms with Crippen molar-refractivity contribution in [3.63, 3.8) is 0 Å². The van der Waals surface area contributed by atoms with E-state index < -0.39 is 0 Å². The molecule has 0 spiro atoms. The summed E-state index contributed by atoms with van der Waals surface area (Å²) in [7, 11) is 0. The zero-order chi connectivity index (χ0) is 16.7. The van der Waals surface area contributed by atoms with Crippen LogP contribution in [0, 0.1) is 0 Å². The van der Waals surface area contributed by atoms with Crippen LogP contribution in [0.1, 0.15) is 37.5 Å². The van der Waals surface area contributed by atoms with Crippen molar-refractivity contribution in [3.05, 3.63) is 41.1 Å². The average molecular weight is 347 g/mol. The first-order valence-electron chi connectivity index (χ1n) is 8.22. The number of rotatable bonds is 4. The molecule has 2 fully saturated rings. The van der Waals surface area contributed by atoms with Crippen LogP contribution in [0.4, 0.5) is 5.69 Å². The Hall–Kier alpha value is -1.92. The molecule has 126 valence electrons. The third-order valence-electron chi connectivity index (χ3n) is 4.58. The van der Waals surface area contributed by atoms with Crippen molar-refractivity contribution < 1.29 is 9.21 Å². The van der Waals surface area contributed by atoms with E-state index in [4.69, 9.17) is 16.0 Å². The van der Waals surface area contributed by atoms with Crippen molar-refractivity contribution in [3.8, 4) is 0 Å². The largest absolute Gasteiger partial charge is 0.424 e. The summed E-state index contributed by atoms with van der Waals surface area (Å²) in [6, 6.07) is 7.59. The van der Waals surface area contributed by atoms with Crippen LogP contribution < -0.4 is 4.90 Å². The van der Waals surface area contributed by atoms with Crippen LogP contribution in [0.25, 0.3) is 0 Å². The predicted molar refractivity (Wildman–Crippen MR) is 90.0 cm³/mol. The van der Waals surface area contributed by atoms with Crippen LogP contribution in [0.3, 0.4) is 0 Å². The molecule has 2 aromatic rings. The van der Waals surface area contributed by atoms with E-state index in [-0.39, 0.29) is 11.9 Å². The molecule has 1 amide bonds. The van der Waals surface area contributed by atoms with Gasteiger partial charge in [-0.2, -0.15) is 0 Å². The van der Waals surface area contributed by atoms with Gasteiger partial charge in [-0.25, -0.2) is 0 Å². The lowest BCUT2D eigenvalue weighted by atomic mass is 10.1. The fourth-order valence-corrected chi connectivity index (χ4v) is 3.19. The molecule has 6 nitrogen and oxygen atoms in total. The number of hydrogen-bond donors (Lipinski definition) is 0. The minimum absolute atomic E-state index is 0.0531. The van der Waals surface area contributed by atoms with E-state index in [0.29, 0.717) is 36.5 Å². The van der Waals surface area contributed by atoms with Crippen molar-refractivity contribution in [1.82, 2.24) is 15.1 Å². The van der Waals surface area contributed by atoms with Crippen LogP contribution >= 0.6 is 11.6 Å². The molecule has 2 heterocycles. The molecule has 2 aliphatic rings. The van der Waals surface area contributed by atoms with Gasteiger partial charge in [-0.05, 0) is 38.0 Å². The van der Waals surface area contributed by atoms with Gasteiger partial charge in [0.05, 0.1) is 13.1 Å². The van der Waals surface area contributed by atoms with E-state index in [1.165, 1.54) is 0 Å². The Kier molecular flexibility index (Phi) is 4.02. The number of benzene rings is 1. The quantitative estimate of drug-likeness (QED) is 0.851. The molecular weight excluding hydrogens is 328 g/mol. The zero-order valence-electron chi connectivity index (χ0n) is 13.5. The monoisotopic (exact) mass is 346 g/mol. The summed E-state index contributed by atoms with van der Waals surface area (Å²) in [6.45, 7) is 3.55. The third kappa shape index (κ3) is 3.16. The summed E-state index contributed by atoms with van der Waals surface area (Å²) >= 11 is 6.04. The molecule has 1 aliphatic heterocycles. The van der Waals surface area contributed by atoms with E-state index in [1.807, 2.05) is 24.3 Å². The number of aromatic nitrogens is 2. The maximum absolute atomic E-state index is 12.6. The fraction of sp³-hybridized carbons (Fsp3) is 0.471. The molecule has 24 heavy (non-hydrogen) atoms. The highest BCUT2D eigenvalue weighted by Crippen LogP contribution is 2.39. The number of anilines is 1. The minimum atomic E-state index is 0.0531. The van der Waals surface area contributed by atoms with Gasteiger partial charge in [0, 0.05) is 29.2 Å². The van der Waals surface area contributed by atoms with E-state index in [1.54, 1.807) is 4.90 Å². The zero-order valence-corrected chi connectivity index (χ0v) is 14.2. The van der Waals surface area contributed by atoms with Crippen LogP contribution in [-0.2, 0) is 11.3 Å². The lowest BCUT2D eigenvalue weighted by Crippen LogP contribution is -2.54.